The summed E-state index contributed by atoms with van der Waals surface area (Å²) < 4.78 is 47.5. The summed E-state index contributed by atoms with van der Waals surface area (Å²) in [4.78, 5) is 3.24. The number of nitrogens with zero attached hydrogens (tertiary/aromatic N) is 1. The number of aliphatic hydroxyl groups excluding tert-OH is 1. The highest BCUT2D eigenvalue weighted by atomic mass is 35.5. The third-order valence-corrected chi connectivity index (χ3v) is 2.94. The summed E-state index contributed by atoms with van der Waals surface area (Å²) in [5, 5.41) is 9.52. The number of ether oxygens (including phenoxy) is 2. The Kier molecular flexibility index (Phi) is 4.29. The van der Waals surface area contributed by atoms with E-state index in [1.165, 1.54) is 0 Å². The molecule has 19 heavy (non-hydrogen) atoms. The van der Waals surface area contributed by atoms with Gasteiger partial charge in [0, 0.05) is 12.0 Å². The lowest BCUT2D eigenvalue weighted by atomic mass is 10.1. The van der Waals surface area contributed by atoms with Crippen LogP contribution in [0, 0.1) is 0 Å². The maximum Gasteiger partial charge on any atom is 0.433 e. The summed E-state index contributed by atoms with van der Waals surface area (Å²) >= 11 is 5.66. The van der Waals surface area contributed by atoms with Crippen LogP contribution in [0.25, 0.3) is 0 Å². The van der Waals surface area contributed by atoms with Gasteiger partial charge in [0.05, 0.1) is 19.3 Å². The first-order valence-electron chi connectivity index (χ1n) is 5.53. The maximum atomic E-state index is 12.4. The fourth-order valence-electron chi connectivity index (χ4n) is 1.70. The zero-order valence-electron chi connectivity index (χ0n) is 9.65. The van der Waals surface area contributed by atoms with Crippen LogP contribution in [0.4, 0.5) is 13.2 Å². The van der Waals surface area contributed by atoms with Crippen molar-refractivity contribution < 1.29 is 27.8 Å². The van der Waals surface area contributed by atoms with E-state index in [1.54, 1.807) is 0 Å². The van der Waals surface area contributed by atoms with Crippen molar-refractivity contribution in [2.45, 2.75) is 25.0 Å². The number of aliphatic hydroxyl groups is 1. The van der Waals surface area contributed by atoms with Gasteiger partial charge in [0.1, 0.15) is 10.8 Å². The molecule has 1 fully saturated rings. The minimum atomic E-state index is -4.56. The molecule has 2 heterocycles. The topological polar surface area (TPSA) is 51.6 Å². The van der Waals surface area contributed by atoms with Gasteiger partial charge in [0.2, 0.25) is 0 Å². The predicted octanol–water partition coefficient (Wildman–Crippen LogP) is 2.55. The highest BCUT2D eigenvalue weighted by Gasteiger charge is 2.33. The third kappa shape index (κ3) is 3.56. The Morgan fingerprint density at radius 2 is 2.00 bits per heavy atom. The summed E-state index contributed by atoms with van der Waals surface area (Å²) in [5.41, 5.74) is -0.976. The van der Waals surface area contributed by atoms with Crippen LogP contribution >= 0.6 is 11.6 Å². The molecule has 4 nitrogen and oxygen atoms in total. The molecule has 0 aromatic carbocycles. The number of rotatable bonds is 3. The largest absolute Gasteiger partial charge is 0.433 e. The van der Waals surface area contributed by atoms with Crippen LogP contribution < -0.4 is 0 Å². The van der Waals surface area contributed by atoms with E-state index in [9.17, 15) is 18.3 Å². The Hall–Kier alpha value is -0.890. The van der Waals surface area contributed by atoms with Gasteiger partial charge in [-0.25, -0.2) is 4.98 Å². The predicted molar refractivity (Wildman–Crippen MR) is 59.5 cm³/mol. The van der Waals surface area contributed by atoms with Crippen molar-refractivity contribution in [3.05, 3.63) is 28.5 Å². The van der Waals surface area contributed by atoms with Gasteiger partial charge in [-0.15, -0.1) is 0 Å². The second kappa shape index (κ2) is 5.62. The molecule has 1 unspecified atom stereocenters. The van der Waals surface area contributed by atoms with Crippen molar-refractivity contribution in [3.8, 4) is 0 Å². The average Bonchev–Trinajstić information content (AvgIpc) is 2.80. The molecule has 1 aliphatic heterocycles. The minimum absolute atomic E-state index is 0.0900. The van der Waals surface area contributed by atoms with Crippen LogP contribution in [-0.4, -0.2) is 29.6 Å². The van der Waals surface area contributed by atoms with E-state index < -0.39 is 24.3 Å². The molecule has 8 heteroatoms. The quantitative estimate of drug-likeness (QED) is 0.871. The molecule has 1 saturated heterocycles. The van der Waals surface area contributed by atoms with Crippen LogP contribution in [0.2, 0.25) is 5.15 Å². The molecule has 0 saturated carbocycles. The molecule has 0 aliphatic carbocycles. The van der Waals surface area contributed by atoms with Crippen LogP contribution in [0.5, 0.6) is 0 Å². The first-order chi connectivity index (χ1) is 8.88. The van der Waals surface area contributed by atoms with E-state index in [-0.39, 0.29) is 17.1 Å². The van der Waals surface area contributed by atoms with Crippen molar-refractivity contribution in [3.63, 3.8) is 0 Å². The zero-order chi connectivity index (χ0) is 14.0. The highest BCUT2D eigenvalue weighted by molar-refractivity contribution is 6.30. The fourth-order valence-corrected chi connectivity index (χ4v) is 1.98. The summed E-state index contributed by atoms with van der Waals surface area (Å²) in [6, 6.07) is 1.89. The molecular weight excluding hydrogens is 287 g/mol. The van der Waals surface area contributed by atoms with Crippen molar-refractivity contribution in [1.82, 2.24) is 4.98 Å². The van der Waals surface area contributed by atoms with Crippen molar-refractivity contribution >= 4 is 11.6 Å². The lowest BCUT2D eigenvalue weighted by Crippen LogP contribution is -2.15. The van der Waals surface area contributed by atoms with E-state index in [1.807, 2.05) is 0 Å². The lowest BCUT2D eigenvalue weighted by molar-refractivity contribution is -0.141. The Balaban J connectivity index is 2.11. The summed E-state index contributed by atoms with van der Waals surface area (Å²) in [6.45, 7) is 0.854. The van der Waals surface area contributed by atoms with Crippen molar-refractivity contribution in [2.75, 3.05) is 13.2 Å². The molecule has 1 N–H and O–H groups in total. The number of pyridine rings is 1. The average molecular weight is 298 g/mol. The van der Waals surface area contributed by atoms with Crippen LogP contribution in [0.1, 0.15) is 23.8 Å². The summed E-state index contributed by atoms with van der Waals surface area (Å²) in [7, 11) is 0. The molecular formula is C11H11ClF3NO3. The van der Waals surface area contributed by atoms with E-state index in [0.29, 0.717) is 13.2 Å². The molecule has 0 spiro atoms. The molecule has 0 amide bonds. The van der Waals surface area contributed by atoms with Gasteiger partial charge in [0.15, 0.2) is 6.29 Å². The summed E-state index contributed by atoms with van der Waals surface area (Å²) in [6.07, 6.45) is -6.14. The number of alkyl halides is 3. The lowest BCUT2D eigenvalue weighted by Gasteiger charge is -2.16. The number of halogens is 4. The van der Waals surface area contributed by atoms with Crippen LogP contribution in [0.15, 0.2) is 12.1 Å². The monoisotopic (exact) mass is 297 g/mol. The molecule has 1 aliphatic rings. The second-order valence-corrected chi connectivity index (χ2v) is 4.35. The van der Waals surface area contributed by atoms with Gasteiger partial charge in [-0.3, -0.25) is 0 Å². The normalized spacial score (nSPS) is 18.8. The van der Waals surface area contributed by atoms with Gasteiger partial charge >= 0.3 is 6.18 Å². The molecule has 1 aromatic rings. The van der Waals surface area contributed by atoms with Gasteiger partial charge in [-0.05, 0) is 6.07 Å². The number of aromatic nitrogens is 1. The molecule has 0 radical (unpaired) electrons. The van der Waals surface area contributed by atoms with E-state index in [4.69, 9.17) is 21.1 Å². The molecule has 2 rings (SSSR count). The zero-order valence-corrected chi connectivity index (χ0v) is 10.4. The van der Waals surface area contributed by atoms with Crippen molar-refractivity contribution in [2.24, 2.45) is 0 Å². The van der Waals surface area contributed by atoms with E-state index in [0.717, 1.165) is 12.1 Å². The Morgan fingerprint density at radius 3 is 2.53 bits per heavy atom. The third-order valence-electron chi connectivity index (χ3n) is 2.63. The van der Waals surface area contributed by atoms with E-state index >= 15 is 0 Å². The summed E-state index contributed by atoms with van der Waals surface area (Å²) in [5.74, 6) is 0. The second-order valence-electron chi connectivity index (χ2n) is 4.00. The van der Waals surface area contributed by atoms with Crippen molar-refractivity contribution in [1.29, 1.82) is 0 Å². The van der Waals surface area contributed by atoms with Crippen LogP contribution in [-0.2, 0) is 15.7 Å². The Morgan fingerprint density at radius 1 is 1.37 bits per heavy atom. The van der Waals surface area contributed by atoms with E-state index in [2.05, 4.69) is 4.98 Å². The first-order valence-corrected chi connectivity index (χ1v) is 5.90. The van der Waals surface area contributed by atoms with Crippen LogP contribution in [0.3, 0.4) is 0 Å². The maximum absolute atomic E-state index is 12.4. The molecule has 0 bridgehead atoms. The Bertz CT molecular complexity index is 449. The van der Waals surface area contributed by atoms with Gasteiger partial charge in [-0.2, -0.15) is 13.2 Å². The van der Waals surface area contributed by atoms with Gasteiger partial charge < -0.3 is 14.6 Å². The molecule has 1 aromatic heterocycles. The first kappa shape index (κ1) is 14.5. The minimum Gasteiger partial charge on any atom is -0.388 e. The number of hydrogen-bond donors (Lipinski definition) is 1. The smallest absolute Gasteiger partial charge is 0.388 e. The molecule has 106 valence electrons. The fraction of sp³-hybridized carbons (Fsp3) is 0.545. The highest BCUT2D eigenvalue weighted by Crippen LogP contribution is 2.32. The Labute approximate surface area is 112 Å². The number of hydrogen-bond acceptors (Lipinski definition) is 4. The molecule has 1 atom stereocenters. The SMILES string of the molecule is OC(CC1OCCO1)c1ccc(C(F)(F)F)nc1Cl. The van der Waals surface area contributed by atoms with Gasteiger partial charge in [0.25, 0.3) is 0 Å². The standard InChI is InChI=1S/C11H11ClF3NO3/c12-10-6(1-2-8(16-10)11(13,14)15)7(17)5-9-18-3-4-19-9/h1-2,7,9,17H,3-5H2. The van der Waals surface area contributed by atoms with Gasteiger partial charge in [-0.1, -0.05) is 17.7 Å².